The molecular formula is C58H118O3. The molecule has 0 amide bonds. The Morgan fingerprint density at radius 2 is 0.639 bits per heavy atom. The minimum atomic E-state index is -0.0563. The van der Waals surface area contributed by atoms with E-state index in [-0.39, 0.29) is 18.3 Å². The quantitative estimate of drug-likeness (QED) is 0.0574. The molecule has 2 unspecified atom stereocenters. The SMILES string of the molecule is C.CCCCCCCCCCCCCC(C)(CC)C(C)=O.CCCCCCCCCCCCCC(CC)(CC)C(C)=O.CCCCCCCCCCCCCC(CC)C(C)=O. The molecule has 0 spiro atoms. The molecule has 0 fully saturated rings. The van der Waals surface area contributed by atoms with Gasteiger partial charge in [0, 0.05) is 16.7 Å². The summed E-state index contributed by atoms with van der Waals surface area (Å²) in [5.74, 6) is 1.49. The zero-order chi connectivity index (χ0) is 45.6. The summed E-state index contributed by atoms with van der Waals surface area (Å²) in [4.78, 5) is 34.7. The van der Waals surface area contributed by atoms with E-state index in [1.54, 1.807) is 20.8 Å². The molecule has 61 heavy (non-hydrogen) atoms. The predicted octanol–water partition coefficient (Wildman–Crippen LogP) is 20.7. The molecule has 0 aliphatic carbocycles. The smallest absolute Gasteiger partial charge is 0.135 e. The van der Waals surface area contributed by atoms with Gasteiger partial charge < -0.3 is 0 Å². The van der Waals surface area contributed by atoms with E-state index in [1.807, 2.05) is 0 Å². The predicted molar refractivity (Wildman–Crippen MR) is 277 cm³/mol. The fraction of sp³-hybridized carbons (Fsp3) is 0.948. The van der Waals surface area contributed by atoms with Crippen molar-refractivity contribution in [2.75, 3.05) is 0 Å². The zero-order valence-electron chi connectivity index (χ0n) is 43.6. The van der Waals surface area contributed by atoms with E-state index in [0.29, 0.717) is 23.3 Å². The van der Waals surface area contributed by atoms with Crippen molar-refractivity contribution in [2.45, 2.75) is 340 Å². The van der Waals surface area contributed by atoms with Crippen molar-refractivity contribution in [1.82, 2.24) is 0 Å². The fourth-order valence-corrected chi connectivity index (χ4v) is 8.94. The highest BCUT2D eigenvalue weighted by molar-refractivity contribution is 5.82. The Kier molecular flexibility index (Phi) is 54.6. The molecule has 0 bridgehead atoms. The highest BCUT2D eigenvalue weighted by Crippen LogP contribution is 2.34. The molecule has 0 saturated carbocycles. The molecule has 2 atom stereocenters. The monoisotopic (exact) mass is 863 g/mol. The number of ketones is 3. The summed E-state index contributed by atoms with van der Waals surface area (Å²) in [6.07, 6.45) is 52.8. The van der Waals surface area contributed by atoms with E-state index >= 15 is 0 Å². The first-order chi connectivity index (χ1) is 28.9. The second-order valence-corrected chi connectivity index (χ2v) is 19.6. The Morgan fingerprint density at radius 1 is 0.361 bits per heavy atom. The van der Waals surface area contributed by atoms with Gasteiger partial charge in [0.25, 0.3) is 0 Å². The average molecular weight is 864 g/mol. The number of hydrogen-bond donors (Lipinski definition) is 0. The summed E-state index contributed by atoms with van der Waals surface area (Å²) in [6.45, 7) is 22.8. The number of Topliss-reactive ketones (excluding diaryl/α,β-unsaturated/α-hetero) is 3. The summed E-state index contributed by atoms with van der Waals surface area (Å²) in [5, 5.41) is 0. The molecule has 0 heterocycles. The van der Waals surface area contributed by atoms with Gasteiger partial charge in [0.1, 0.15) is 17.3 Å². The molecule has 368 valence electrons. The zero-order valence-corrected chi connectivity index (χ0v) is 43.6. The van der Waals surface area contributed by atoms with Crippen molar-refractivity contribution >= 4 is 17.3 Å². The third-order valence-electron chi connectivity index (χ3n) is 14.5. The summed E-state index contributed by atoms with van der Waals surface area (Å²) in [7, 11) is 0. The number of carbonyl (C=O) groups is 3. The van der Waals surface area contributed by atoms with Crippen molar-refractivity contribution in [3.8, 4) is 0 Å². The minimum Gasteiger partial charge on any atom is -0.300 e. The molecule has 0 saturated heterocycles. The molecule has 0 N–H and O–H groups in total. The van der Waals surface area contributed by atoms with Crippen molar-refractivity contribution in [3.05, 3.63) is 0 Å². The van der Waals surface area contributed by atoms with Crippen LogP contribution in [0.3, 0.4) is 0 Å². The lowest BCUT2D eigenvalue weighted by molar-refractivity contribution is -0.127. The van der Waals surface area contributed by atoms with Crippen molar-refractivity contribution in [3.63, 3.8) is 0 Å². The minimum absolute atomic E-state index is 0. The maximum atomic E-state index is 11.8. The summed E-state index contributed by atoms with van der Waals surface area (Å²) < 4.78 is 0. The van der Waals surface area contributed by atoms with Crippen molar-refractivity contribution in [1.29, 1.82) is 0 Å². The Hall–Kier alpha value is -0.990. The number of rotatable bonds is 43. The molecular weight excluding hydrogens is 745 g/mol. The lowest BCUT2D eigenvalue weighted by Crippen LogP contribution is -2.27. The van der Waals surface area contributed by atoms with Crippen LogP contribution < -0.4 is 0 Å². The molecule has 0 aliphatic heterocycles. The van der Waals surface area contributed by atoms with E-state index < -0.39 is 0 Å². The molecule has 0 rings (SSSR count). The van der Waals surface area contributed by atoms with Crippen LogP contribution in [0.25, 0.3) is 0 Å². The third-order valence-corrected chi connectivity index (χ3v) is 14.5. The van der Waals surface area contributed by atoms with Crippen molar-refractivity contribution < 1.29 is 14.4 Å². The van der Waals surface area contributed by atoms with Crippen LogP contribution in [0.15, 0.2) is 0 Å². The first-order valence-corrected chi connectivity index (χ1v) is 27.4. The second-order valence-electron chi connectivity index (χ2n) is 19.6. The summed E-state index contributed by atoms with van der Waals surface area (Å²) in [6, 6.07) is 0. The Labute approximate surface area is 387 Å². The maximum absolute atomic E-state index is 11.8. The lowest BCUT2D eigenvalue weighted by Gasteiger charge is -2.28. The lowest BCUT2D eigenvalue weighted by atomic mass is 9.74. The molecule has 0 aliphatic rings. The van der Waals surface area contributed by atoms with Gasteiger partial charge in [0.15, 0.2) is 0 Å². The number of hydrogen-bond acceptors (Lipinski definition) is 3. The Bertz CT molecular complexity index is 903. The first kappa shape index (κ1) is 66.6. The van der Waals surface area contributed by atoms with E-state index in [9.17, 15) is 14.4 Å². The third kappa shape index (κ3) is 42.7. The van der Waals surface area contributed by atoms with Crippen LogP contribution in [-0.4, -0.2) is 17.3 Å². The maximum Gasteiger partial charge on any atom is 0.135 e. The molecule has 3 nitrogen and oxygen atoms in total. The van der Waals surface area contributed by atoms with Gasteiger partial charge in [-0.05, 0) is 65.7 Å². The molecule has 0 radical (unpaired) electrons. The Balaban J connectivity index is -0.000000397. The Morgan fingerprint density at radius 3 is 0.869 bits per heavy atom. The van der Waals surface area contributed by atoms with Gasteiger partial charge in [-0.15, -0.1) is 0 Å². The highest BCUT2D eigenvalue weighted by Gasteiger charge is 2.30. The van der Waals surface area contributed by atoms with Crippen LogP contribution in [0, 0.1) is 16.7 Å². The van der Waals surface area contributed by atoms with Crippen LogP contribution in [0.5, 0.6) is 0 Å². The van der Waals surface area contributed by atoms with E-state index in [0.717, 1.165) is 44.9 Å². The van der Waals surface area contributed by atoms with Crippen LogP contribution in [0.1, 0.15) is 340 Å². The topological polar surface area (TPSA) is 51.2 Å². The average Bonchev–Trinajstić information content (AvgIpc) is 3.24. The molecule has 0 aromatic rings. The molecule has 0 aromatic heterocycles. The van der Waals surface area contributed by atoms with E-state index in [1.165, 1.54) is 212 Å². The van der Waals surface area contributed by atoms with Gasteiger partial charge in [0.2, 0.25) is 0 Å². The summed E-state index contributed by atoms with van der Waals surface area (Å²) in [5.41, 5.74) is -0.0709. The van der Waals surface area contributed by atoms with Gasteiger partial charge in [-0.25, -0.2) is 0 Å². The van der Waals surface area contributed by atoms with Crippen LogP contribution >= 0.6 is 0 Å². The van der Waals surface area contributed by atoms with Gasteiger partial charge in [-0.3, -0.25) is 14.4 Å². The number of carbonyl (C=O) groups excluding carboxylic acids is 3. The number of unbranched alkanes of at least 4 members (excludes halogenated alkanes) is 30. The second kappa shape index (κ2) is 50.0. The first-order valence-electron chi connectivity index (χ1n) is 27.4. The molecule has 0 aromatic carbocycles. The van der Waals surface area contributed by atoms with Crippen LogP contribution in [0.4, 0.5) is 0 Å². The standard InChI is InChI=1S/C20H40O.C19H38O.C18H36O.CH4/c1-5-8-9-10-11-12-13-14-15-16-17-18-20(6-2,7-3)19(4)21;1-5-7-8-9-10-11-12-13-14-15-16-17-19(4,6-2)18(3)20;1-4-6-7-8-9-10-11-12-13-14-15-16-18(5-2)17(3)19;/h5-18H2,1-4H3;5-17H2,1-4H3;18H,4-16H2,1-3H3;1H4. The normalized spacial score (nSPS) is 12.6. The highest BCUT2D eigenvalue weighted by atomic mass is 16.1. The van der Waals surface area contributed by atoms with Gasteiger partial charge >= 0.3 is 0 Å². The van der Waals surface area contributed by atoms with Gasteiger partial charge in [-0.1, -0.05) is 275 Å². The largest absolute Gasteiger partial charge is 0.300 e. The van der Waals surface area contributed by atoms with Crippen LogP contribution in [-0.2, 0) is 14.4 Å². The molecule has 3 heteroatoms. The van der Waals surface area contributed by atoms with Gasteiger partial charge in [-0.2, -0.15) is 0 Å². The fourth-order valence-electron chi connectivity index (χ4n) is 8.94. The van der Waals surface area contributed by atoms with Gasteiger partial charge in [0.05, 0.1) is 0 Å². The van der Waals surface area contributed by atoms with Crippen LogP contribution in [0.2, 0.25) is 0 Å². The van der Waals surface area contributed by atoms with E-state index in [2.05, 4.69) is 55.4 Å². The van der Waals surface area contributed by atoms with E-state index in [4.69, 9.17) is 0 Å². The van der Waals surface area contributed by atoms with Crippen molar-refractivity contribution in [2.24, 2.45) is 16.7 Å². The summed E-state index contributed by atoms with van der Waals surface area (Å²) >= 11 is 0.